The molecule has 0 spiro atoms. The van der Waals surface area contributed by atoms with Crippen molar-refractivity contribution in [1.29, 1.82) is 0 Å². The Morgan fingerprint density at radius 1 is 1.25 bits per heavy atom. The second kappa shape index (κ2) is 5.99. The Hall–Kier alpha value is -0.120. The lowest BCUT2D eigenvalue weighted by Gasteiger charge is -2.33. The van der Waals surface area contributed by atoms with Crippen molar-refractivity contribution >= 4 is 0 Å². The number of piperidine rings is 1. The Balaban J connectivity index is 2.20. The minimum Gasteiger partial charge on any atom is -0.396 e. The van der Waals surface area contributed by atoms with Crippen LogP contribution in [0.25, 0.3) is 0 Å². The normalized spacial score (nSPS) is 22.3. The third-order valence-corrected chi connectivity index (χ3v) is 3.68. The molecule has 0 radical (unpaired) electrons. The zero-order valence-corrected chi connectivity index (χ0v) is 10.9. The van der Waals surface area contributed by atoms with Crippen molar-refractivity contribution in [3.05, 3.63) is 0 Å². The molecule has 1 atom stereocenters. The molecule has 96 valence electrons. The molecular weight excluding hydrogens is 202 g/mol. The standard InChI is InChI=1S/C13H27NO2/c1-13(2,3)12(16)6-9-14-7-4-11(10-15)5-8-14/h11-12,15-16H,4-10H2,1-3H3. The number of hydrogen-bond donors (Lipinski definition) is 2. The molecule has 0 aromatic heterocycles. The average molecular weight is 229 g/mol. The second-order valence-corrected chi connectivity index (χ2v) is 6.14. The molecule has 1 unspecified atom stereocenters. The van der Waals surface area contributed by atoms with Crippen molar-refractivity contribution in [2.24, 2.45) is 11.3 Å². The highest BCUT2D eigenvalue weighted by Crippen LogP contribution is 2.23. The van der Waals surface area contributed by atoms with E-state index < -0.39 is 0 Å². The summed E-state index contributed by atoms with van der Waals surface area (Å²) in [6.07, 6.45) is 2.83. The van der Waals surface area contributed by atoms with Gasteiger partial charge in [0.2, 0.25) is 0 Å². The quantitative estimate of drug-likeness (QED) is 0.767. The van der Waals surface area contributed by atoms with Gasteiger partial charge in [0, 0.05) is 13.2 Å². The summed E-state index contributed by atoms with van der Waals surface area (Å²) in [4.78, 5) is 2.40. The van der Waals surface area contributed by atoms with Crippen molar-refractivity contribution in [2.45, 2.75) is 46.1 Å². The van der Waals surface area contributed by atoms with E-state index >= 15 is 0 Å². The van der Waals surface area contributed by atoms with Crippen molar-refractivity contribution < 1.29 is 10.2 Å². The summed E-state index contributed by atoms with van der Waals surface area (Å²) in [5.41, 5.74) is -0.0105. The topological polar surface area (TPSA) is 43.7 Å². The van der Waals surface area contributed by atoms with Crippen LogP contribution in [0.3, 0.4) is 0 Å². The molecule has 0 aromatic rings. The fourth-order valence-corrected chi connectivity index (χ4v) is 2.13. The predicted molar refractivity (Wildman–Crippen MR) is 66.3 cm³/mol. The molecule has 3 heteroatoms. The maximum atomic E-state index is 9.95. The highest BCUT2D eigenvalue weighted by Gasteiger charge is 2.24. The van der Waals surface area contributed by atoms with Gasteiger partial charge in [0.15, 0.2) is 0 Å². The number of aliphatic hydroxyl groups excluding tert-OH is 2. The summed E-state index contributed by atoms with van der Waals surface area (Å²) in [6.45, 7) is 9.69. The lowest BCUT2D eigenvalue weighted by molar-refractivity contribution is 0.0395. The summed E-state index contributed by atoms with van der Waals surface area (Å²) < 4.78 is 0. The van der Waals surface area contributed by atoms with Crippen LogP contribution in [-0.4, -0.2) is 47.5 Å². The van der Waals surface area contributed by atoms with E-state index in [9.17, 15) is 5.11 Å². The minimum atomic E-state index is -0.219. The molecule has 2 N–H and O–H groups in total. The Morgan fingerprint density at radius 3 is 2.25 bits per heavy atom. The molecule has 1 rings (SSSR count). The van der Waals surface area contributed by atoms with E-state index in [1.165, 1.54) is 0 Å². The van der Waals surface area contributed by atoms with Crippen LogP contribution in [0.2, 0.25) is 0 Å². The molecule has 0 amide bonds. The van der Waals surface area contributed by atoms with Gasteiger partial charge in [-0.2, -0.15) is 0 Å². The molecule has 0 aromatic carbocycles. The molecule has 1 aliphatic rings. The molecule has 0 bridgehead atoms. The van der Waals surface area contributed by atoms with Crippen molar-refractivity contribution in [1.82, 2.24) is 4.90 Å². The fourth-order valence-electron chi connectivity index (χ4n) is 2.13. The van der Waals surface area contributed by atoms with Crippen LogP contribution in [0, 0.1) is 11.3 Å². The number of rotatable bonds is 4. The van der Waals surface area contributed by atoms with E-state index in [0.717, 1.165) is 38.9 Å². The summed E-state index contributed by atoms with van der Waals surface area (Å²) in [5, 5.41) is 19.0. The highest BCUT2D eigenvalue weighted by atomic mass is 16.3. The molecular formula is C13H27NO2. The third-order valence-electron chi connectivity index (χ3n) is 3.68. The smallest absolute Gasteiger partial charge is 0.0600 e. The fraction of sp³-hybridized carbons (Fsp3) is 1.00. The first kappa shape index (κ1) is 13.9. The zero-order chi connectivity index (χ0) is 12.2. The zero-order valence-electron chi connectivity index (χ0n) is 10.9. The molecule has 1 heterocycles. The van der Waals surface area contributed by atoms with Crippen LogP contribution in [-0.2, 0) is 0 Å². The molecule has 0 aliphatic carbocycles. The second-order valence-electron chi connectivity index (χ2n) is 6.14. The number of nitrogens with zero attached hydrogens (tertiary/aromatic N) is 1. The van der Waals surface area contributed by atoms with Crippen LogP contribution in [0.5, 0.6) is 0 Å². The van der Waals surface area contributed by atoms with Crippen molar-refractivity contribution in [2.75, 3.05) is 26.2 Å². The first-order valence-electron chi connectivity index (χ1n) is 6.44. The van der Waals surface area contributed by atoms with Crippen LogP contribution in [0.1, 0.15) is 40.0 Å². The Morgan fingerprint density at radius 2 is 1.81 bits per heavy atom. The van der Waals surface area contributed by atoms with Crippen molar-refractivity contribution in [3.63, 3.8) is 0 Å². The number of hydrogen-bond acceptors (Lipinski definition) is 3. The Bertz CT molecular complexity index is 193. The van der Waals surface area contributed by atoms with Crippen molar-refractivity contribution in [3.8, 4) is 0 Å². The van der Waals surface area contributed by atoms with Crippen LogP contribution >= 0.6 is 0 Å². The summed E-state index contributed by atoms with van der Waals surface area (Å²) in [6, 6.07) is 0. The molecule has 1 aliphatic heterocycles. The van der Waals surface area contributed by atoms with Gasteiger partial charge in [-0.1, -0.05) is 20.8 Å². The van der Waals surface area contributed by atoms with Gasteiger partial charge < -0.3 is 15.1 Å². The van der Waals surface area contributed by atoms with E-state index in [2.05, 4.69) is 25.7 Å². The molecule has 0 saturated carbocycles. The van der Waals surface area contributed by atoms with Gasteiger partial charge >= 0.3 is 0 Å². The van der Waals surface area contributed by atoms with E-state index in [1.54, 1.807) is 0 Å². The van der Waals surface area contributed by atoms with Gasteiger partial charge in [-0.25, -0.2) is 0 Å². The summed E-state index contributed by atoms with van der Waals surface area (Å²) in [5.74, 6) is 0.504. The van der Waals surface area contributed by atoms with E-state index in [-0.39, 0.29) is 11.5 Å². The number of likely N-dealkylation sites (tertiary alicyclic amines) is 1. The first-order valence-corrected chi connectivity index (χ1v) is 6.44. The Kier molecular flexibility index (Phi) is 5.22. The molecule has 16 heavy (non-hydrogen) atoms. The largest absolute Gasteiger partial charge is 0.396 e. The molecule has 1 fully saturated rings. The van der Waals surface area contributed by atoms with Gasteiger partial charge in [0.25, 0.3) is 0 Å². The summed E-state index contributed by atoms with van der Waals surface area (Å²) in [7, 11) is 0. The molecule has 1 saturated heterocycles. The highest BCUT2D eigenvalue weighted by molar-refractivity contribution is 4.76. The van der Waals surface area contributed by atoms with E-state index in [0.29, 0.717) is 12.5 Å². The maximum Gasteiger partial charge on any atom is 0.0600 e. The van der Waals surface area contributed by atoms with Gasteiger partial charge in [-0.3, -0.25) is 0 Å². The molecule has 3 nitrogen and oxygen atoms in total. The van der Waals surface area contributed by atoms with Gasteiger partial charge in [-0.05, 0) is 43.7 Å². The SMILES string of the molecule is CC(C)(C)C(O)CCN1CCC(CO)CC1. The number of aliphatic hydroxyl groups is 2. The van der Waals surface area contributed by atoms with Crippen LogP contribution < -0.4 is 0 Å². The monoisotopic (exact) mass is 229 g/mol. The van der Waals surface area contributed by atoms with E-state index in [1.807, 2.05) is 0 Å². The Labute approximate surface area is 99.5 Å². The van der Waals surface area contributed by atoms with E-state index in [4.69, 9.17) is 5.11 Å². The predicted octanol–water partition coefficient (Wildman–Crippen LogP) is 1.49. The van der Waals surface area contributed by atoms with Gasteiger partial charge in [0.1, 0.15) is 0 Å². The average Bonchev–Trinajstić information content (AvgIpc) is 2.25. The lowest BCUT2D eigenvalue weighted by Crippen LogP contribution is -2.38. The summed E-state index contributed by atoms with van der Waals surface area (Å²) >= 11 is 0. The van der Waals surface area contributed by atoms with Gasteiger partial charge in [0.05, 0.1) is 6.10 Å². The van der Waals surface area contributed by atoms with Gasteiger partial charge in [-0.15, -0.1) is 0 Å². The van der Waals surface area contributed by atoms with Crippen LogP contribution in [0.15, 0.2) is 0 Å². The maximum absolute atomic E-state index is 9.95. The third kappa shape index (κ3) is 4.40. The van der Waals surface area contributed by atoms with Crippen LogP contribution in [0.4, 0.5) is 0 Å². The first-order chi connectivity index (χ1) is 7.43. The lowest BCUT2D eigenvalue weighted by atomic mass is 9.87. The minimum absolute atomic E-state index is 0.0105.